The van der Waals surface area contributed by atoms with Gasteiger partial charge < -0.3 is 8.83 Å². The molecule has 7 rings (SSSR count). The van der Waals surface area contributed by atoms with E-state index in [1.165, 1.54) is 279 Å². The Kier molecular flexibility index (Phi) is 32.0. The van der Waals surface area contributed by atoms with Gasteiger partial charge in [-0.25, -0.2) is 9.97 Å². The SMILES string of the molecule is CCCCCCCCCCCCc1ccc(-c2nc3c(-c4ccc(CCCCCCCCCCCC)cc4)c4oc(-c5ccc(CCCCCCCCCCCC)cc5)nc4c(-c4ccc(CCCCCCCCCCCC)cc4)c3o2)cc1. The van der Waals surface area contributed by atoms with Gasteiger partial charge in [0.05, 0.1) is 11.1 Å². The summed E-state index contributed by atoms with van der Waals surface area (Å²) in [6.45, 7) is 9.21. The van der Waals surface area contributed by atoms with E-state index in [4.69, 9.17) is 18.8 Å². The number of hydrogen-bond acceptors (Lipinski definition) is 4. The minimum Gasteiger partial charge on any atom is -0.435 e. The van der Waals surface area contributed by atoms with Crippen LogP contribution in [0.4, 0.5) is 0 Å². The van der Waals surface area contributed by atoms with Crippen molar-refractivity contribution in [3.63, 3.8) is 0 Å². The van der Waals surface area contributed by atoms with Crippen LogP contribution in [0, 0.1) is 0 Å². The molecule has 458 valence electrons. The third kappa shape index (κ3) is 23.0. The summed E-state index contributed by atoms with van der Waals surface area (Å²) in [6, 6.07) is 36.6. The molecular weight excluding hydrogens is 1020 g/mol. The molecule has 0 N–H and O–H groups in total. The molecule has 2 aromatic heterocycles. The zero-order valence-electron chi connectivity index (χ0n) is 54.1. The molecule has 4 nitrogen and oxygen atoms in total. The van der Waals surface area contributed by atoms with Gasteiger partial charge in [-0.3, -0.25) is 0 Å². The lowest BCUT2D eigenvalue weighted by Crippen LogP contribution is -1.91. The molecule has 0 aliphatic heterocycles. The summed E-state index contributed by atoms with van der Waals surface area (Å²) < 4.78 is 14.3. The number of aryl methyl sites for hydroxylation is 4. The molecule has 0 atom stereocenters. The van der Waals surface area contributed by atoms with E-state index in [-0.39, 0.29) is 0 Å². The molecule has 0 aliphatic carbocycles. The number of unbranched alkanes of at least 4 members (excludes halogenated alkanes) is 36. The van der Waals surface area contributed by atoms with Crippen molar-refractivity contribution in [2.24, 2.45) is 0 Å². The van der Waals surface area contributed by atoms with Crippen LogP contribution in [-0.2, 0) is 25.7 Å². The molecule has 0 aliphatic rings. The Balaban J connectivity index is 1.14. The number of benzene rings is 5. The van der Waals surface area contributed by atoms with E-state index in [1.807, 2.05) is 0 Å². The second kappa shape index (κ2) is 40.4. The summed E-state index contributed by atoms with van der Waals surface area (Å²) in [5.41, 5.74) is 14.8. The van der Waals surface area contributed by atoms with E-state index in [2.05, 4.69) is 125 Å². The fraction of sp³-hybridized carbons (Fsp3) is 0.600. The Hall–Kier alpha value is -4.96. The zero-order chi connectivity index (χ0) is 58.5. The average molecular weight is 1140 g/mol. The van der Waals surface area contributed by atoms with Crippen molar-refractivity contribution in [1.29, 1.82) is 0 Å². The Morgan fingerprint density at radius 1 is 0.226 bits per heavy atom. The second-order valence-corrected chi connectivity index (χ2v) is 25.7. The molecule has 0 spiro atoms. The van der Waals surface area contributed by atoms with Crippen LogP contribution >= 0.6 is 0 Å². The Labute approximate surface area is 513 Å². The maximum atomic E-state index is 7.15. The van der Waals surface area contributed by atoms with Crippen molar-refractivity contribution in [3.05, 3.63) is 119 Å². The molecule has 0 saturated carbocycles. The van der Waals surface area contributed by atoms with E-state index in [0.717, 1.165) is 81.3 Å². The third-order valence-electron chi connectivity index (χ3n) is 18.3. The highest BCUT2D eigenvalue weighted by Crippen LogP contribution is 2.46. The lowest BCUT2D eigenvalue weighted by molar-refractivity contribution is 0.556. The summed E-state index contributed by atoms with van der Waals surface area (Å²) in [4.78, 5) is 11.0. The lowest BCUT2D eigenvalue weighted by Gasteiger charge is -2.10. The van der Waals surface area contributed by atoms with Gasteiger partial charge in [0.15, 0.2) is 11.2 Å². The second-order valence-electron chi connectivity index (χ2n) is 25.7. The molecule has 0 amide bonds. The van der Waals surface area contributed by atoms with Gasteiger partial charge in [0.2, 0.25) is 11.8 Å². The number of rotatable bonds is 48. The van der Waals surface area contributed by atoms with E-state index >= 15 is 0 Å². The first kappa shape index (κ1) is 66.6. The minimum atomic E-state index is 0.638. The van der Waals surface area contributed by atoms with Gasteiger partial charge in [-0.05, 0) is 109 Å². The molecular formula is C80H116N2O2. The number of nitrogens with zero attached hydrogens (tertiary/aromatic N) is 2. The van der Waals surface area contributed by atoms with E-state index in [0.29, 0.717) is 11.8 Å². The largest absolute Gasteiger partial charge is 0.435 e. The van der Waals surface area contributed by atoms with Crippen LogP contribution in [0.5, 0.6) is 0 Å². The zero-order valence-corrected chi connectivity index (χ0v) is 54.1. The third-order valence-corrected chi connectivity index (χ3v) is 18.3. The Morgan fingerprint density at radius 3 is 0.631 bits per heavy atom. The van der Waals surface area contributed by atoms with Crippen LogP contribution in [0.2, 0.25) is 0 Å². The molecule has 4 heteroatoms. The topological polar surface area (TPSA) is 52.1 Å². The van der Waals surface area contributed by atoms with Gasteiger partial charge >= 0.3 is 0 Å². The molecule has 0 saturated heterocycles. The van der Waals surface area contributed by atoms with Crippen molar-refractivity contribution in [1.82, 2.24) is 9.97 Å². The summed E-state index contributed by atoms with van der Waals surface area (Å²) in [5.74, 6) is 1.28. The van der Waals surface area contributed by atoms with Crippen LogP contribution in [0.15, 0.2) is 106 Å². The Morgan fingerprint density at radius 2 is 0.417 bits per heavy atom. The van der Waals surface area contributed by atoms with Crippen molar-refractivity contribution in [2.75, 3.05) is 0 Å². The van der Waals surface area contributed by atoms with Crippen molar-refractivity contribution in [2.45, 2.75) is 310 Å². The number of hydrogen-bond donors (Lipinski definition) is 0. The number of aromatic nitrogens is 2. The van der Waals surface area contributed by atoms with Crippen LogP contribution in [0.3, 0.4) is 0 Å². The van der Waals surface area contributed by atoms with Crippen LogP contribution in [0.1, 0.15) is 307 Å². The Bertz CT molecular complexity index is 2530. The van der Waals surface area contributed by atoms with Crippen LogP contribution in [-0.4, -0.2) is 9.97 Å². The average Bonchev–Trinajstić information content (AvgIpc) is 2.52. The van der Waals surface area contributed by atoms with Gasteiger partial charge in [-0.2, -0.15) is 0 Å². The summed E-state index contributed by atoms with van der Waals surface area (Å²) >= 11 is 0. The smallest absolute Gasteiger partial charge is 0.227 e. The van der Waals surface area contributed by atoms with Crippen LogP contribution < -0.4 is 0 Å². The summed E-state index contributed by atoms with van der Waals surface area (Å²) in [5, 5.41) is 0. The maximum absolute atomic E-state index is 7.15. The number of oxazole rings is 2. The standard InChI is InChI=1S/C80H116N2O2/c1-5-9-13-17-21-25-29-33-37-41-45-65-49-57-69(58-50-65)73-75-78(84-79(81-75)71-61-53-67(54-62-71)47-43-39-35-31-27-23-19-15-11-7-3)74(70-59-51-66(52-60-70)46-42-38-34-30-26-22-18-14-10-6-2)76-77(73)83-80(82-76)72-63-55-68(56-64-72)48-44-40-36-32-28-24-20-16-12-8-4/h49-64H,5-48H2,1-4H3. The van der Waals surface area contributed by atoms with E-state index in [9.17, 15) is 0 Å². The van der Waals surface area contributed by atoms with E-state index < -0.39 is 0 Å². The van der Waals surface area contributed by atoms with Crippen molar-refractivity contribution in [3.8, 4) is 45.2 Å². The normalized spacial score (nSPS) is 11.8. The van der Waals surface area contributed by atoms with Gasteiger partial charge in [0.25, 0.3) is 0 Å². The molecule has 2 heterocycles. The predicted octanol–water partition coefficient (Wildman–Crippen LogP) is 26.5. The van der Waals surface area contributed by atoms with Gasteiger partial charge in [0.1, 0.15) is 11.0 Å². The molecule has 7 aromatic rings. The highest BCUT2D eigenvalue weighted by molar-refractivity contribution is 6.16. The maximum Gasteiger partial charge on any atom is 0.227 e. The molecule has 0 unspecified atom stereocenters. The molecule has 84 heavy (non-hydrogen) atoms. The molecule has 0 radical (unpaired) electrons. The monoisotopic (exact) mass is 1140 g/mol. The predicted molar refractivity (Wildman–Crippen MR) is 366 cm³/mol. The molecule has 0 fully saturated rings. The van der Waals surface area contributed by atoms with Crippen molar-refractivity contribution >= 4 is 22.2 Å². The first-order valence-corrected chi connectivity index (χ1v) is 35.7. The first-order valence-electron chi connectivity index (χ1n) is 35.7. The molecule has 0 bridgehead atoms. The summed E-state index contributed by atoms with van der Waals surface area (Å²) in [6.07, 6.45) is 58.5. The lowest BCUT2D eigenvalue weighted by atomic mass is 9.94. The molecule has 5 aromatic carbocycles. The number of fused-ring (bicyclic) bond motifs is 2. The highest BCUT2D eigenvalue weighted by Gasteiger charge is 2.27. The first-order chi connectivity index (χ1) is 41.6. The fourth-order valence-electron chi connectivity index (χ4n) is 12.9. The van der Waals surface area contributed by atoms with E-state index in [1.54, 1.807) is 0 Å². The highest BCUT2D eigenvalue weighted by atomic mass is 16.4. The van der Waals surface area contributed by atoms with Gasteiger partial charge in [0, 0.05) is 11.1 Å². The van der Waals surface area contributed by atoms with Gasteiger partial charge in [-0.1, -0.05) is 332 Å². The fourth-order valence-corrected chi connectivity index (χ4v) is 12.9. The quantitative estimate of drug-likeness (QED) is 0.0357. The summed E-state index contributed by atoms with van der Waals surface area (Å²) in [7, 11) is 0. The van der Waals surface area contributed by atoms with Gasteiger partial charge in [-0.15, -0.1) is 0 Å². The van der Waals surface area contributed by atoms with Crippen LogP contribution in [0.25, 0.3) is 67.4 Å². The minimum absolute atomic E-state index is 0.638. The van der Waals surface area contributed by atoms with Crippen molar-refractivity contribution < 1.29 is 8.83 Å².